The maximum absolute atomic E-state index is 12.5. The summed E-state index contributed by atoms with van der Waals surface area (Å²) < 4.78 is 0.883. The molecule has 2 aliphatic heterocycles. The molecule has 0 aromatic heterocycles. The molecule has 3 rings (SSSR count). The van der Waals surface area contributed by atoms with Crippen LogP contribution in [0.15, 0.2) is 28.7 Å². The number of rotatable bonds is 2. The van der Waals surface area contributed by atoms with Gasteiger partial charge in [0.05, 0.1) is 11.6 Å². The first-order valence-corrected chi connectivity index (χ1v) is 8.00. The molecule has 2 amide bonds. The summed E-state index contributed by atoms with van der Waals surface area (Å²) in [6.45, 7) is 3.61. The summed E-state index contributed by atoms with van der Waals surface area (Å²) in [5.41, 5.74) is 0.845. The Balaban J connectivity index is 0.00000176. The van der Waals surface area contributed by atoms with Crippen molar-refractivity contribution in [3.05, 3.63) is 28.7 Å². The first kappa shape index (κ1) is 17.2. The Morgan fingerprint density at radius 1 is 1.23 bits per heavy atom. The highest BCUT2D eigenvalue weighted by Gasteiger charge is 2.37. The number of amides is 2. The van der Waals surface area contributed by atoms with Crippen LogP contribution in [0, 0.1) is 5.92 Å². The summed E-state index contributed by atoms with van der Waals surface area (Å²) in [6, 6.07) is 7.63. The lowest BCUT2D eigenvalue weighted by molar-refractivity contribution is -0.136. The van der Waals surface area contributed by atoms with Crippen LogP contribution in [0.1, 0.15) is 6.42 Å². The number of halogens is 2. The van der Waals surface area contributed by atoms with E-state index in [0.29, 0.717) is 13.0 Å². The van der Waals surface area contributed by atoms with Gasteiger partial charge in [-0.3, -0.25) is 9.59 Å². The molecule has 120 valence electrons. The van der Waals surface area contributed by atoms with Gasteiger partial charge in [0.15, 0.2) is 0 Å². The van der Waals surface area contributed by atoms with Gasteiger partial charge in [-0.15, -0.1) is 12.4 Å². The van der Waals surface area contributed by atoms with Crippen LogP contribution in [0.2, 0.25) is 0 Å². The minimum Gasteiger partial charge on any atom is -0.340 e. The number of benzene rings is 1. The van der Waals surface area contributed by atoms with Gasteiger partial charge in [-0.1, -0.05) is 12.1 Å². The van der Waals surface area contributed by atoms with Gasteiger partial charge >= 0.3 is 0 Å². The normalized spacial score (nSPS) is 21.7. The van der Waals surface area contributed by atoms with Gasteiger partial charge in [-0.25, -0.2) is 0 Å². The summed E-state index contributed by atoms with van der Waals surface area (Å²) >= 11 is 3.47. The third kappa shape index (κ3) is 3.45. The van der Waals surface area contributed by atoms with E-state index in [1.165, 1.54) is 0 Å². The van der Waals surface area contributed by atoms with E-state index in [0.717, 1.165) is 36.3 Å². The van der Waals surface area contributed by atoms with Gasteiger partial charge in [-0.2, -0.15) is 0 Å². The molecule has 5 nitrogen and oxygen atoms in total. The fourth-order valence-corrected chi connectivity index (χ4v) is 3.42. The van der Waals surface area contributed by atoms with Crippen LogP contribution in [-0.4, -0.2) is 49.4 Å². The highest BCUT2D eigenvalue weighted by molar-refractivity contribution is 9.10. The number of para-hydroxylation sites is 1. The zero-order valence-corrected chi connectivity index (χ0v) is 14.5. The van der Waals surface area contributed by atoms with Gasteiger partial charge in [0.2, 0.25) is 11.8 Å². The number of carbonyl (C=O) groups is 2. The van der Waals surface area contributed by atoms with Crippen molar-refractivity contribution in [3.8, 4) is 0 Å². The third-order valence-corrected chi connectivity index (χ3v) is 4.72. The van der Waals surface area contributed by atoms with Gasteiger partial charge in [0.1, 0.15) is 0 Å². The largest absolute Gasteiger partial charge is 0.340 e. The molecule has 2 aliphatic rings. The number of hydrogen-bond donors (Lipinski definition) is 1. The van der Waals surface area contributed by atoms with Crippen molar-refractivity contribution in [2.24, 2.45) is 5.92 Å². The zero-order chi connectivity index (χ0) is 14.8. The molecule has 0 radical (unpaired) electrons. The number of piperazine rings is 1. The fraction of sp³-hybridized carbons (Fsp3) is 0.467. The van der Waals surface area contributed by atoms with Gasteiger partial charge < -0.3 is 15.1 Å². The number of carbonyl (C=O) groups excluding carboxylic acids is 2. The predicted octanol–water partition coefficient (Wildman–Crippen LogP) is 1.66. The van der Waals surface area contributed by atoms with Gasteiger partial charge in [0.25, 0.3) is 0 Å². The monoisotopic (exact) mass is 387 g/mol. The Kier molecular flexibility index (Phi) is 5.83. The Hall–Kier alpha value is -1.11. The summed E-state index contributed by atoms with van der Waals surface area (Å²) in [6.07, 6.45) is 0.310. The van der Waals surface area contributed by atoms with Crippen LogP contribution in [0.3, 0.4) is 0 Å². The van der Waals surface area contributed by atoms with Crippen LogP contribution in [0.25, 0.3) is 0 Å². The zero-order valence-electron chi connectivity index (χ0n) is 12.1. The van der Waals surface area contributed by atoms with Crippen molar-refractivity contribution >= 4 is 45.8 Å². The summed E-state index contributed by atoms with van der Waals surface area (Å²) in [4.78, 5) is 28.4. The maximum atomic E-state index is 12.5. The van der Waals surface area contributed by atoms with Crippen molar-refractivity contribution in [1.29, 1.82) is 0 Å². The first-order chi connectivity index (χ1) is 10.2. The molecule has 2 heterocycles. The highest BCUT2D eigenvalue weighted by Crippen LogP contribution is 2.31. The molecular weight excluding hydrogens is 370 g/mol. The van der Waals surface area contributed by atoms with Crippen molar-refractivity contribution in [2.75, 3.05) is 37.6 Å². The van der Waals surface area contributed by atoms with Crippen molar-refractivity contribution in [3.63, 3.8) is 0 Å². The van der Waals surface area contributed by atoms with Crippen LogP contribution in [0.4, 0.5) is 5.69 Å². The molecule has 7 heteroatoms. The Labute approximate surface area is 144 Å². The molecular formula is C15H19BrClN3O2. The van der Waals surface area contributed by atoms with Gasteiger partial charge in [0, 0.05) is 43.6 Å². The van der Waals surface area contributed by atoms with E-state index >= 15 is 0 Å². The van der Waals surface area contributed by atoms with E-state index in [1.54, 1.807) is 4.90 Å². The SMILES string of the molecule is Cl.O=C(C1CC(=O)N(c2ccccc2Br)C1)N1CCNCC1. The van der Waals surface area contributed by atoms with Crippen LogP contribution < -0.4 is 10.2 Å². The van der Waals surface area contributed by atoms with E-state index in [1.807, 2.05) is 29.2 Å². The average Bonchev–Trinajstić information content (AvgIpc) is 2.90. The molecule has 0 saturated carbocycles. The van der Waals surface area contributed by atoms with E-state index in [4.69, 9.17) is 0 Å². The third-order valence-electron chi connectivity index (χ3n) is 4.05. The maximum Gasteiger partial charge on any atom is 0.228 e. The van der Waals surface area contributed by atoms with E-state index in [2.05, 4.69) is 21.2 Å². The topological polar surface area (TPSA) is 52.7 Å². The number of nitrogens with one attached hydrogen (secondary N) is 1. The molecule has 1 atom stereocenters. The van der Waals surface area contributed by atoms with E-state index in [9.17, 15) is 9.59 Å². The number of hydrogen-bond acceptors (Lipinski definition) is 3. The molecule has 22 heavy (non-hydrogen) atoms. The van der Waals surface area contributed by atoms with Gasteiger partial charge in [-0.05, 0) is 28.1 Å². The first-order valence-electron chi connectivity index (χ1n) is 7.21. The molecule has 1 N–H and O–H groups in total. The smallest absolute Gasteiger partial charge is 0.228 e. The lowest BCUT2D eigenvalue weighted by Gasteiger charge is -2.29. The second-order valence-corrected chi connectivity index (χ2v) is 6.29. The van der Waals surface area contributed by atoms with E-state index in [-0.39, 0.29) is 30.1 Å². The fourth-order valence-electron chi connectivity index (χ4n) is 2.92. The Morgan fingerprint density at radius 3 is 2.59 bits per heavy atom. The quantitative estimate of drug-likeness (QED) is 0.838. The number of anilines is 1. The average molecular weight is 389 g/mol. The highest BCUT2D eigenvalue weighted by atomic mass is 79.9. The minimum absolute atomic E-state index is 0. The van der Waals surface area contributed by atoms with Crippen molar-refractivity contribution in [2.45, 2.75) is 6.42 Å². The lowest BCUT2D eigenvalue weighted by atomic mass is 10.1. The van der Waals surface area contributed by atoms with Crippen LogP contribution >= 0.6 is 28.3 Å². The molecule has 2 fully saturated rings. The van der Waals surface area contributed by atoms with E-state index < -0.39 is 0 Å². The van der Waals surface area contributed by atoms with Crippen LogP contribution in [-0.2, 0) is 9.59 Å². The Bertz CT molecular complexity index is 563. The molecule has 1 unspecified atom stereocenters. The van der Waals surface area contributed by atoms with Crippen LogP contribution in [0.5, 0.6) is 0 Å². The Morgan fingerprint density at radius 2 is 1.91 bits per heavy atom. The second kappa shape index (κ2) is 7.44. The molecule has 1 aromatic rings. The molecule has 0 bridgehead atoms. The molecule has 1 aromatic carbocycles. The summed E-state index contributed by atoms with van der Waals surface area (Å²) in [7, 11) is 0. The molecule has 2 saturated heterocycles. The lowest BCUT2D eigenvalue weighted by Crippen LogP contribution is -2.48. The second-order valence-electron chi connectivity index (χ2n) is 5.43. The standard InChI is InChI=1S/C15H18BrN3O2.ClH/c16-12-3-1-2-4-13(12)19-10-11(9-14(19)20)15(21)18-7-5-17-6-8-18;/h1-4,11,17H,5-10H2;1H. The number of nitrogens with zero attached hydrogens (tertiary/aromatic N) is 2. The minimum atomic E-state index is -0.220. The van der Waals surface area contributed by atoms with Crippen molar-refractivity contribution < 1.29 is 9.59 Å². The summed E-state index contributed by atoms with van der Waals surface area (Å²) in [5.74, 6) is -0.0857. The summed E-state index contributed by atoms with van der Waals surface area (Å²) in [5, 5.41) is 3.23. The molecule has 0 spiro atoms. The predicted molar refractivity (Wildman–Crippen MR) is 91.3 cm³/mol. The van der Waals surface area contributed by atoms with Crippen molar-refractivity contribution in [1.82, 2.24) is 10.2 Å². The molecule has 0 aliphatic carbocycles.